The van der Waals surface area contributed by atoms with Crippen LogP contribution in [-0.2, 0) is 28.6 Å². The van der Waals surface area contributed by atoms with Crippen LogP contribution in [-0.4, -0.2) is 37.7 Å². The van der Waals surface area contributed by atoms with Crippen LogP contribution in [0.1, 0.15) is 32.6 Å². The molecule has 0 atom stereocenters. The topological polar surface area (TPSA) is 78.9 Å². The van der Waals surface area contributed by atoms with Gasteiger partial charge in [-0.25, -0.2) is 9.59 Å². The average Bonchev–Trinajstić information content (AvgIpc) is 2.53. The molecule has 0 radical (unpaired) electrons. The van der Waals surface area contributed by atoms with E-state index >= 15 is 0 Å². The first-order valence-electron chi connectivity index (χ1n) is 7.27. The number of carbonyl (C=O) groups is 3. The Morgan fingerprint density at radius 2 is 1.27 bits per heavy atom. The Hall–Kier alpha value is -2.11. The lowest BCUT2D eigenvalue weighted by molar-refractivity contribution is -0.143. The van der Waals surface area contributed by atoms with Crippen molar-refractivity contribution in [2.45, 2.75) is 32.6 Å². The molecule has 0 heterocycles. The van der Waals surface area contributed by atoms with Gasteiger partial charge >= 0.3 is 17.9 Å². The molecule has 6 nitrogen and oxygen atoms in total. The van der Waals surface area contributed by atoms with E-state index in [1.54, 1.807) is 6.92 Å². The summed E-state index contributed by atoms with van der Waals surface area (Å²) in [6.45, 7) is 9.14. The van der Waals surface area contributed by atoms with E-state index in [-0.39, 0.29) is 25.1 Å². The highest BCUT2D eigenvalue weighted by Gasteiger charge is 2.12. The van der Waals surface area contributed by atoms with Gasteiger partial charge in [0.1, 0.15) is 0 Å². The molecule has 0 spiro atoms. The average molecular weight is 312 g/mol. The van der Waals surface area contributed by atoms with Gasteiger partial charge in [0.05, 0.1) is 19.8 Å². The maximum Gasteiger partial charge on any atom is 0.330 e. The highest BCUT2D eigenvalue weighted by atomic mass is 16.5. The molecule has 0 N–H and O–H groups in total. The van der Waals surface area contributed by atoms with Crippen molar-refractivity contribution >= 4 is 17.9 Å². The van der Waals surface area contributed by atoms with Crippen LogP contribution < -0.4 is 0 Å². The van der Waals surface area contributed by atoms with Crippen molar-refractivity contribution in [2.75, 3.05) is 19.8 Å². The molecule has 0 aromatic rings. The van der Waals surface area contributed by atoms with Gasteiger partial charge in [-0.2, -0.15) is 0 Å². The van der Waals surface area contributed by atoms with Crippen molar-refractivity contribution in [3.63, 3.8) is 0 Å². The van der Waals surface area contributed by atoms with E-state index in [1.165, 1.54) is 0 Å². The molecular weight excluding hydrogens is 288 g/mol. The molecule has 0 aliphatic carbocycles. The highest BCUT2D eigenvalue weighted by Crippen LogP contribution is 2.14. The zero-order valence-corrected chi connectivity index (χ0v) is 13.0. The van der Waals surface area contributed by atoms with Crippen LogP contribution in [0, 0.1) is 5.92 Å². The monoisotopic (exact) mass is 312 g/mol. The Balaban J connectivity index is 4.14. The van der Waals surface area contributed by atoms with Gasteiger partial charge in [-0.1, -0.05) is 20.1 Å². The summed E-state index contributed by atoms with van der Waals surface area (Å²) in [5.74, 6) is -1.10. The van der Waals surface area contributed by atoms with Gasteiger partial charge in [0.25, 0.3) is 0 Å². The number of hydrogen-bond donors (Lipinski definition) is 0. The van der Waals surface area contributed by atoms with E-state index < -0.39 is 11.9 Å². The fourth-order valence-electron chi connectivity index (χ4n) is 1.64. The van der Waals surface area contributed by atoms with Crippen LogP contribution in [0.4, 0.5) is 0 Å². The second-order valence-electron chi connectivity index (χ2n) is 4.55. The van der Waals surface area contributed by atoms with Gasteiger partial charge in [-0.15, -0.1) is 0 Å². The minimum Gasteiger partial charge on any atom is -0.466 e. The molecule has 0 amide bonds. The molecule has 0 bridgehead atoms. The van der Waals surface area contributed by atoms with Crippen LogP contribution in [0.2, 0.25) is 0 Å². The number of rotatable bonds is 12. The molecule has 0 unspecified atom stereocenters. The Kier molecular flexibility index (Phi) is 11.4. The van der Waals surface area contributed by atoms with Crippen molar-refractivity contribution in [3.05, 3.63) is 25.3 Å². The van der Waals surface area contributed by atoms with E-state index in [1.807, 2.05) is 0 Å². The van der Waals surface area contributed by atoms with Gasteiger partial charge in [0.15, 0.2) is 0 Å². The van der Waals surface area contributed by atoms with E-state index in [4.69, 9.17) is 14.2 Å². The predicted octanol–water partition coefficient (Wildman–Crippen LogP) is 2.18. The molecule has 0 saturated carbocycles. The van der Waals surface area contributed by atoms with E-state index in [9.17, 15) is 14.4 Å². The lowest BCUT2D eigenvalue weighted by Gasteiger charge is -2.16. The molecule has 0 aliphatic rings. The minimum absolute atomic E-state index is 0.111. The van der Waals surface area contributed by atoms with Crippen LogP contribution in [0.5, 0.6) is 0 Å². The van der Waals surface area contributed by atoms with Crippen LogP contribution in [0.3, 0.4) is 0 Å². The van der Waals surface area contributed by atoms with Gasteiger partial charge in [0, 0.05) is 18.6 Å². The zero-order valence-electron chi connectivity index (χ0n) is 13.0. The third-order valence-electron chi connectivity index (χ3n) is 2.95. The third kappa shape index (κ3) is 10.7. The van der Waals surface area contributed by atoms with Crippen molar-refractivity contribution in [2.24, 2.45) is 5.92 Å². The van der Waals surface area contributed by atoms with Crippen molar-refractivity contribution in [3.8, 4) is 0 Å². The summed E-state index contributed by atoms with van der Waals surface area (Å²) in [4.78, 5) is 33.1. The van der Waals surface area contributed by atoms with Gasteiger partial charge in [0.2, 0.25) is 0 Å². The molecule has 0 aliphatic heterocycles. The maximum atomic E-state index is 11.1. The molecule has 0 aromatic heterocycles. The summed E-state index contributed by atoms with van der Waals surface area (Å²) >= 11 is 0. The lowest BCUT2D eigenvalue weighted by atomic mass is 9.99. The number of ether oxygens (including phenoxy) is 3. The van der Waals surface area contributed by atoms with Gasteiger partial charge in [-0.05, 0) is 25.2 Å². The summed E-state index contributed by atoms with van der Waals surface area (Å²) in [6, 6.07) is 0. The number of carbonyl (C=O) groups excluding carboxylic acids is 3. The van der Waals surface area contributed by atoms with Gasteiger partial charge < -0.3 is 14.2 Å². The molecule has 0 rings (SSSR count). The second kappa shape index (κ2) is 12.6. The highest BCUT2D eigenvalue weighted by molar-refractivity contribution is 5.81. The first kappa shape index (κ1) is 19.9. The van der Waals surface area contributed by atoms with E-state index in [0.717, 1.165) is 12.2 Å². The second-order valence-corrected chi connectivity index (χ2v) is 4.55. The lowest BCUT2D eigenvalue weighted by Crippen LogP contribution is -2.15. The van der Waals surface area contributed by atoms with Crippen molar-refractivity contribution < 1.29 is 28.6 Å². The van der Waals surface area contributed by atoms with Crippen LogP contribution >= 0.6 is 0 Å². The van der Waals surface area contributed by atoms with Gasteiger partial charge in [-0.3, -0.25) is 4.79 Å². The Bertz CT molecular complexity index is 362. The van der Waals surface area contributed by atoms with Crippen molar-refractivity contribution in [1.82, 2.24) is 0 Å². The summed E-state index contributed by atoms with van der Waals surface area (Å²) in [5, 5.41) is 0. The molecule has 6 heteroatoms. The Morgan fingerprint density at radius 1 is 0.864 bits per heavy atom. The molecule has 0 saturated heterocycles. The first-order valence-corrected chi connectivity index (χ1v) is 7.27. The smallest absolute Gasteiger partial charge is 0.330 e. The third-order valence-corrected chi connectivity index (χ3v) is 2.95. The van der Waals surface area contributed by atoms with Crippen LogP contribution in [0.25, 0.3) is 0 Å². The quantitative estimate of drug-likeness (QED) is 0.312. The SMILES string of the molecule is C=CC(=O)OCCC(CCOC(=O)C=C)CCOC(=O)CC. The Morgan fingerprint density at radius 3 is 1.64 bits per heavy atom. The first-order chi connectivity index (χ1) is 10.5. The fourth-order valence-corrected chi connectivity index (χ4v) is 1.64. The molecule has 124 valence electrons. The largest absolute Gasteiger partial charge is 0.466 e. The molecule has 22 heavy (non-hydrogen) atoms. The van der Waals surface area contributed by atoms with E-state index in [2.05, 4.69) is 13.2 Å². The van der Waals surface area contributed by atoms with Crippen LogP contribution in [0.15, 0.2) is 25.3 Å². The summed E-state index contributed by atoms with van der Waals surface area (Å²) in [5.41, 5.74) is 0. The molecule has 0 fully saturated rings. The number of hydrogen-bond acceptors (Lipinski definition) is 6. The normalized spacial score (nSPS) is 9.91. The fraction of sp³-hybridized carbons (Fsp3) is 0.562. The maximum absolute atomic E-state index is 11.1. The molecule has 0 aromatic carbocycles. The standard InChI is InChI=1S/C16H24O6/c1-4-14(17)20-10-7-13(8-11-21-15(18)5-2)9-12-22-16(19)6-3/h4-5,13H,1-2,6-12H2,3H3. The Labute approximate surface area is 131 Å². The van der Waals surface area contributed by atoms with Crippen molar-refractivity contribution in [1.29, 1.82) is 0 Å². The molecular formula is C16H24O6. The number of esters is 3. The minimum atomic E-state index is -0.478. The predicted molar refractivity (Wildman–Crippen MR) is 80.9 cm³/mol. The zero-order chi connectivity index (χ0) is 16.8. The summed E-state index contributed by atoms with van der Waals surface area (Å²) in [7, 11) is 0. The van der Waals surface area contributed by atoms with E-state index in [0.29, 0.717) is 32.3 Å². The summed E-state index contributed by atoms with van der Waals surface area (Å²) < 4.78 is 14.9. The summed E-state index contributed by atoms with van der Waals surface area (Å²) in [6.07, 6.45) is 4.33.